The van der Waals surface area contributed by atoms with Gasteiger partial charge in [0.25, 0.3) is 6.73 Å². The molecule has 0 aliphatic rings. The Bertz CT molecular complexity index is 1200. The number of pyridine rings is 1. The van der Waals surface area contributed by atoms with Gasteiger partial charge in [0.1, 0.15) is 5.69 Å². The van der Waals surface area contributed by atoms with Crippen molar-refractivity contribution in [3.05, 3.63) is 84.2 Å². The first-order valence-corrected chi connectivity index (χ1v) is 12.0. The third-order valence-electron chi connectivity index (χ3n) is 4.56. The second-order valence-electron chi connectivity index (χ2n) is 7.94. The summed E-state index contributed by atoms with van der Waals surface area (Å²) >= 11 is 0. The average Bonchev–Trinajstić information content (AvgIpc) is 2.75. The number of anilines is 3. The van der Waals surface area contributed by atoms with Gasteiger partial charge in [0.05, 0.1) is 12.3 Å². The smallest absolute Gasteiger partial charge is 0.353 e. The number of nitrogens with zero attached hydrogens (tertiary/aromatic N) is 1. The molecule has 0 saturated carbocycles. The summed E-state index contributed by atoms with van der Waals surface area (Å²) in [4.78, 5) is 12.2. The van der Waals surface area contributed by atoms with Gasteiger partial charge in [-0.2, -0.15) is 13.0 Å². The number of carbonyl (C=O) groups is 1. The van der Waals surface area contributed by atoms with Crippen LogP contribution in [-0.2, 0) is 28.1 Å². The van der Waals surface area contributed by atoms with Crippen LogP contribution in [-0.4, -0.2) is 19.7 Å². The summed E-state index contributed by atoms with van der Waals surface area (Å²) in [6.45, 7) is 5.97. The van der Waals surface area contributed by atoms with Gasteiger partial charge in [-0.05, 0) is 44.0 Å². The van der Waals surface area contributed by atoms with Crippen LogP contribution in [0, 0.1) is 6.92 Å². The van der Waals surface area contributed by atoms with Crippen molar-refractivity contribution in [2.75, 3.05) is 10.0 Å². The average molecular weight is 470 g/mol. The van der Waals surface area contributed by atoms with E-state index in [-0.39, 0.29) is 18.5 Å². The maximum absolute atomic E-state index is 12.6. The zero-order chi connectivity index (χ0) is 23.8. The Labute approximate surface area is 194 Å². The lowest BCUT2D eigenvalue weighted by Gasteiger charge is -2.14. The van der Waals surface area contributed by atoms with Gasteiger partial charge in [-0.3, -0.25) is 9.52 Å². The Hall–Kier alpha value is -3.43. The Kier molecular flexibility index (Phi) is 8.02. The number of amides is 1. The number of aromatic nitrogens is 1. The molecule has 8 nitrogen and oxygen atoms in total. The molecule has 0 unspecified atom stereocenters. The molecule has 1 heterocycles. The van der Waals surface area contributed by atoms with Gasteiger partial charge < -0.3 is 15.4 Å². The first-order valence-electron chi connectivity index (χ1n) is 10.5. The van der Waals surface area contributed by atoms with E-state index in [2.05, 4.69) is 15.4 Å². The molecule has 0 spiro atoms. The maximum atomic E-state index is 12.6. The Morgan fingerprint density at radius 1 is 1.03 bits per heavy atom. The number of hydrogen-bond acceptors (Lipinski definition) is 5. The van der Waals surface area contributed by atoms with Gasteiger partial charge in [-0.15, -0.1) is 0 Å². The molecule has 1 aromatic heterocycles. The van der Waals surface area contributed by atoms with E-state index >= 15 is 0 Å². The normalized spacial score (nSPS) is 11.3. The second-order valence-corrected chi connectivity index (χ2v) is 9.52. The van der Waals surface area contributed by atoms with E-state index in [1.54, 1.807) is 36.9 Å². The monoisotopic (exact) mass is 469 g/mol. The first kappa shape index (κ1) is 24.2. The first-order chi connectivity index (χ1) is 15.7. The molecule has 9 heteroatoms. The largest absolute Gasteiger partial charge is 0.357 e. The quantitative estimate of drug-likeness (QED) is 0.411. The van der Waals surface area contributed by atoms with E-state index in [1.807, 2.05) is 61.5 Å². The Balaban J connectivity index is 1.83. The van der Waals surface area contributed by atoms with E-state index in [0.717, 1.165) is 16.8 Å². The molecular weight excluding hydrogens is 440 g/mol. The van der Waals surface area contributed by atoms with Gasteiger partial charge in [0, 0.05) is 17.8 Å². The predicted molar refractivity (Wildman–Crippen MR) is 129 cm³/mol. The van der Waals surface area contributed by atoms with Crippen LogP contribution in [0.5, 0.6) is 0 Å². The molecule has 0 radical (unpaired) electrons. The van der Waals surface area contributed by atoms with Gasteiger partial charge in [-0.25, -0.2) is 0 Å². The number of carbonyl (C=O) groups excluding carboxylic acids is 1. The maximum Gasteiger partial charge on any atom is 0.357 e. The Morgan fingerprint density at radius 2 is 1.79 bits per heavy atom. The molecule has 2 aromatic carbocycles. The summed E-state index contributed by atoms with van der Waals surface area (Å²) in [6.07, 6.45) is 3.36. The highest BCUT2D eigenvalue weighted by Gasteiger charge is 2.25. The minimum Gasteiger partial charge on any atom is -0.353 e. The van der Waals surface area contributed by atoms with Crippen LogP contribution < -0.4 is 19.9 Å². The van der Waals surface area contributed by atoms with E-state index in [9.17, 15) is 13.2 Å². The number of hydrogen-bond donors (Lipinski definition) is 3. The standard InChI is InChI=1S/C24H28N4O4S/c1-18(2)25-24(29)33(30,31)27-23-15-28(17-32-16-20-9-5-4-6-10-20)13-12-22(23)26-21-11-7-8-19(3)14-21/h4-15,18,27H,16-17H2,1-3H3,(H,25,29)/p+1. The van der Waals surface area contributed by atoms with Crippen molar-refractivity contribution in [2.24, 2.45) is 0 Å². The molecule has 0 aliphatic carbocycles. The molecular formula is C24H29N4O4S+. The zero-order valence-corrected chi connectivity index (χ0v) is 19.7. The minimum atomic E-state index is -4.31. The number of ether oxygens (including phenoxy) is 1. The molecule has 0 aliphatic heterocycles. The molecule has 3 rings (SSSR count). The van der Waals surface area contributed by atoms with Crippen LogP contribution in [0.25, 0.3) is 0 Å². The van der Waals surface area contributed by atoms with Crippen LogP contribution >= 0.6 is 0 Å². The van der Waals surface area contributed by atoms with Crippen LogP contribution in [0.15, 0.2) is 73.1 Å². The Morgan fingerprint density at radius 3 is 2.48 bits per heavy atom. The van der Waals surface area contributed by atoms with Gasteiger partial charge >= 0.3 is 15.3 Å². The van der Waals surface area contributed by atoms with Crippen molar-refractivity contribution in [3.63, 3.8) is 0 Å². The summed E-state index contributed by atoms with van der Waals surface area (Å²) in [7, 11) is -4.31. The van der Waals surface area contributed by atoms with E-state index in [4.69, 9.17) is 4.74 Å². The highest BCUT2D eigenvalue weighted by Crippen LogP contribution is 2.25. The van der Waals surface area contributed by atoms with Gasteiger partial charge in [-0.1, -0.05) is 42.5 Å². The van der Waals surface area contributed by atoms with Crippen molar-refractivity contribution in [3.8, 4) is 0 Å². The van der Waals surface area contributed by atoms with Gasteiger partial charge in [0.15, 0.2) is 12.4 Å². The van der Waals surface area contributed by atoms with Crippen molar-refractivity contribution in [1.29, 1.82) is 0 Å². The molecule has 1 amide bonds. The SMILES string of the molecule is Cc1cccc(Nc2cc[n+](COCc3ccccc3)cc2NS(=O)(=O)C(=O)NC(C)C)c1. The topological polar surface area (TPSA) is 100 Å². The molecule has 0 saturated heterocycles. The van der Waals surface area contributed by atoms with Crippen LogP contribution in [0.3, 0.4) is 0 Å². The molecule has 174 valence electrons. The van der Waals surface area contributed by atoms with Crippen molar-refractivity contribution < 1.29 is 22.5 Å². The fourth-order valence-electron chi connectivity index (χ4n) is 3.03. The summed E-state index contributed by atoms with van der Waals surface area (Å²) in [5.74, 6) is 0. The molecule has 0 fully saturated rings. The van der Waals surface area contributed by atoms with E-state index in [1.165, 1.54) is 0 Å². The minimum absolute atomic E-state index is 0.201. The summed E-state index contributed by atoms with van der Waals surface area (Å²) in [5, 5.41) is 4.53. The number of aryl methyl sites for hydroxylation is 1. The fourth-order valence-corrected chi connectivity index (χ4v) is 3.97. The zero-order valence-electron chi connectivity index (χ0n) is 18.9. The fraction of sp³-hybridized carbons (Fsp3) is 0.250. The molecule has 3 N–H and O–H groups in total. The molecule has 33 heavy (non-hydrogen) atoms. The van der Waals surface area contributed by atoms with Crippen molar-refractivity contribution >= 4 is 32.3 Å². The summed E-state index contributed by atoms with van der Waals surface area (Å²) < 4.78 is 35.1. The van der Waals surface area contributed by atoms with Gasteiger partial charge in [0.2, 0.25) is 0 Å². The highest BCUT2D eigenvalue weighted by atomic mass is 32.2. The van der Waals surface area contributed by atoms with Crippen LogP contribution in [0.2, 0.25) is 0 Å². The third kappa shape index (κ3) is 7.30. The lowest BCUT2D eigenvalue weighted by Crippen LogP contribution is -2.39. The molecule has 0 bridgehead atoms. The molecule has 0 atom stereocenters. The van der Waals surface area contributed by atoms with Crippen molar-refractivity contribution in [1.82, 2.24) is 5.32 Å². The van der Waals surface area contributed by atoms with Crippen molar-refractivity contribution in [2.45, 2.75) is 40.2 Å². The highest BCUT2D eigenvalue weighted by molar-refractivity contribution is 8.07. The van der Waals surface area contributed by atoms with E-state index < -0.39 is 15.3 Å². The lowest BCUT2D eigenvalue weighted by molar-refractivity contribution is -0.733. The summed E-state index contributed by atoms with van der Waals surface area (Å²) in [5.41, 5.74) is 3.60. The number of benzene rings is 2. The number of sulfonamides is 1. The van der Waals surface area contributed by atoms with Crippen LogP contribution in [0.4, 0.5) is 21.9 Å². The predicted octanol–water partition coefficient (Wildman–Crippen LogP) is 4.06. The second kappa shape index (κ2) is 10.9. The number of rotatable bonds is 9. The molecule has 3 aromatic rings. The summed E-state index contributed by atoms with van der Waals surface area (Å²) in [6, 6.07) is 18.8. The lowest BCUT2D eigenvalue weighted by atomic mass is 10.2. The van der Waals surface area contributed by atoms with Crippen LogP contribution in [0.1, 0.15) is 25.0 Å². The third-order valence-corrected chi connectivity index (χ3v) is 5.66. The number of nitrogens with one attached hydrogen (secondary N) is 3. The van der Waals surface area contributed by atoms with E-state index in [0.29, 0.717) is 12.3 Å².